The largest absolute Gasteiger partial charge is 0.497 e. The minimum absolute atomic E-state index is 0.485. The Labute approximate surface area is 114 Å². The van der Waals surface area contributed by atoms with E-state index in [2.05, 4.69) is 0 Å². The maximum atomic E-state index is 11.7. The van der Waals surface area contributed by atoms with E-state index in [1.807, 2.05) is 24.3 Å². The predicted molar refractivity (Wildman–Crippen MR) is 75.3 cm³/mol. The Bertz CT molecular complexity index is 509. The van der Waals surface area contributed by atoms with E-state index in [0.717, 1.165) is 11.3 Å². The lowest BCUT2D eigenvalue weighted by Gasteiger charge is -2.28. The number of alkyl halides is 1. The van der Waals surface area contributed by atoms with Crippen molar-refractivity contribution in [3.8, 4) is 5.75 Å². The Morgan fingerprint density at radius 3 is 2.50 bits per heavy atom. The molecule has 0 aliphatic heterocycles. The van der Waals surface area contributed by atoms with Gasteiger partial charge in [0.05, 0.1) is 17.2 Å². The zero-order valence-corrected chi connectivity index (χ0v) is 12.7. The third-order valence-corrected chi connectivity index (χ3v) is 6.28. The standard InChI is InChI=1S/C13H19ClO3S/c1-13(2,18(4,15)16)12(14)9-10-6-5-7-11(8-10)17-3/h5-8,12H,9H2,1-4H3. The predicted octanol–water partition coefficient (Wildman–Crippen LogP) is 2.67. The van der Waals surface area contributed by atoms with Crippen LogP contribution in [0.15, 0.2) is 24.3 Å². The normalized spacial score (nSPS) is 14.3. The van der Waals surface area contributed by atoms with E-state index in [4.69, 9.17) is 16.3 Å². The second-order valence-electron chi connectivity index (χ2n) is 4.90. The van der Waals surface area contributed by atoms with Crippen molar-refractivity contribution in [3.05, 3.63) is 29.8 Å². The number of ether oxygens (including phenoxy) is 1. The van der Waals surface area contributed by atoms with Gasteiger partial charge in [0, 0.05) is 6.26 Å². The molecule has 1 unspecified atom stereocenters. The van der Waals surface area contributed by atoms with E-state index in [9.17, 15) is 8.42 Å². The van der Waals surface area contributed by atoms with Crippen LogP contribution in [0.4, 0.5) is 0 Å². The van der Waals surface area contributed by atoms with Crippen LogP contribution in [-0.4, -0.2) is 31.9 Å². The third kappa shape index (κ3) is 3.39. The Kier molecular flexibility index (Phi) is 4.67. The topological polar surface area (TPSA) is 43.4 Å². The number of rotatable bonds is 5. The maximum absolute atomic E-state index is 11.7. The number of hydrogen-bond acceptors (Lipinski definition) is 3. The number of methoxy groups -OCH3 is 1. The molecule has 1 aromatic rings. The first kappa shape index (κ1) is 15.3. The average molecular weight is 291 g/mol. The number of hydrogen-bond donors (Lipinski definition) is 0. The minimum Gasteiger partial charge on any atom is -0.497 e. The van der Waals surface area contributed by atoms with Gasteiger partial charge in [-0.1, -0.05) is 12.1 Å². The van der Waals surface area contributed by atoms with Gasteiger partial charge in [-0.05, 0) is 38.0 Å². The van der Waals surface area contributed by atoms with Crippen LogP contribution in [-0.2, 0) is 16.3 Å². The fraction of sp³-hybridized carbons (Fsp3) is 0.538. The second-order valence-corrected chi connectivity index (χ2v) is 8.02. The first-order chi connectivity index (χ1) is 8.18. The average Bonchev–Trinajstić information content (AvgIpc) is 2.27. The quantitative estimate of drug-likeness (QED) is 0.783. The first-order valence-corrected chi connectivity index (χ1v) is 7.98. The summed E-state index contributed by atoms with van der Waals surface area (Å²) in [7, 11) is -1.61. The van der Waals surface area contributed by atoms with E-state index < -0.39 is 20.0 Å². The summed E-state index contributed by atoms with van der Waals surface area (Å²) >= 11 is 6.27. The first-order valence-electron chi connectivity index (χ1n) is 5.65. The van der Waals surface area contributed by atoms with Crippen molar-refractivity contribution in [2.45, 2.75) is 30.4 Å². The molecule has 0 aromatic heterocycles. The molecule has 0 radical (unpaired) electrons. The van der Waals surface area contributed by atoms with Crippen molar-refractivity contribution in [3.63, 3.8) is 0 Å². The molecule has 0 N–H and O–H groups in total. The number of benzene rings is 1. The van der Waals surface area contributed by atoms with Crippen LogP contribution in [0.3, 0.4) is 0 Å². The Morgan fingerprint density at radius 2 is 2.00 bits per heavy atom. The van der Waals surface area contributed by atoms with Crippen molar-refractivity contribution >= 4 is 21.4 Å². The fourth-order valence-electron chi connectivity index (χ4n) is 1.48. The SMILES string of the molecule is COc1cccc(CC(Cl)C(C)(C)S(C)(=O)=O)c1. The zero-order chi connectivity index (χ0) is 14.0. The van der Waals surface area contributed by atoms with E-state index in [-0.39, 0.29) is 0 Å². The summed E-state index contributed by atoms with van der Waals surface area (Å²) in [5.74, 6) is 0.744. The van der Waals surface area contributed by atoms with Crippen LogP contribution in [0.2, 0.25) is 0 Å². The van der Waals surface area contributed by atoms with Gasteiger partial charge in [0.2, 0.25) is 0 Å². The van der Waals surface area contributed by atoms with Gasteiger partial charge in [0.1, 0.15) is 5.75 Å². The molecule has 0 aliphatic rings. The van der Waals surface area contributed by atoms with Gasteiger partial charge in [0.15, 0.2) is 9.84 Å². The molecule has 5 heteroatoms. The van der Waals surface area contributed by atoms with Crippen molar-refractivity contribution in [1.29, 1.82) is 0 Å². The van der Waals surface area contributed by atoms with Crippen molar-refractivity contribution in [1.82, 2.24) is 0 Å². The second kappa shape index (κ2) is 5.49. The van der Waals surface area contributed by atoms with Gasteiger partial charge in [-0.3, -0.25) is 0 Å². The van der Waals surface area contributed by atoms with Crippen LogP contribution in [0.25, 0.3) is 0 Å². The molecule has 1 atom stereocenters. The molecule has 18 heavy (non-hydrogen) atoms. The van der Waals surface area contributed by atoms with Crippen LogP contribution in [0, 0.1) is 0 Å². The third-order valence-electron chi connectivity index (χ3n) is 3.26. The molecule has 0 heterocycles. The lowest BCUT2D eigenvalue weighted by atomic mass is 10.0. The number of sulfone groups is 1. The monoisotopic (exact) mass is 290 g/mol. The Morgan fingerprint density at radius 1 is 1.39 bits per heavy atom. The molecule has 0 bridgehead atoms. The minimum atomic E-state index is -3.20. The Balaban J connectivity index is 2.91. The summed E-state index contributed by atoms with van der Waals surface area (Å²) in [6.45, 7) is 3.31. The maximum Gasteiger partial charge on any atom is 0.154 e. The van der Waals surface area contributed by atoms with Crippen LogP contribution < -0.4 is 4.74 Å². The molecule has 1 aromatic carbocycles. The summed E-state index contributed by atoms with van der Waals surface area (Å²) in [6, 6.07) is 7.49. The van der Waals surface area contributed by atoms with Crippen LogP contribution in [0.5, 0.6) is 5.75 Å². The zero-order valence-electron chi connectivity index (χ0n) is 11.1. The van der Waals surface area contributed by atoms with Gasteiger partial charge in [0.25, 0.3) is 0 Å². The van der Waals surface area contributed by atoms with Gasteiger partial charge >= 0.3 is 0 Å². The molecule has 0 amide bonds. The highest BCUT2D eigenvalue weighted by molar-refractivity contribution is 7.92. The van der Waals surface area contributed by atoms with Gasteiger partial charge in [-0.2, -0.15) is 0 Å². The smallest absolute Gasteiger partial charge is 0.154 e. The summed E-state index contributed by atoms with van der Waals surface area (Å²) in [4.78, 5) is 0. The molecule has 0 saturated heterocycles. The highest BCUT2D eigenvalue weighted by Crippen LogP contribution is 2.28. The summed E-state index contributed by atoms with van der Waals surface area (Å²) in [5.41, 5.74) is 0.964. The molecule has 0 fully saturated rings. The Hall–Kier alpha value is -0.740. The van der Waals surface area contributed by atoms with E-state index in [0.29, 0.717) is 6.42 Å². The van der Waals surface area contributed by atoms with Crippen molar-refractivity contribution < 1.29 is 13.2 Å². The summed E-state index contributed by atoms with van der Waals surface area (Å²) in [6.07, 6.45) is 1.70. The summed E-state index contributed by atoms with van der Waals surface area (Å²) in [5, 5.41) is -0.486. The van der Waals surface area contributed by atoms with Gasteiger partial charge in [-0.25, -0.2) is 8.42 Å². The van der Waals surface area contributed by atoms with Crippen molar-refractivity contribution in [2.24, 2.45) is 0 Å². The lowest BCUT2D eigenvalue weighted by Crippen LogP contribution is -2.41. The molecular formula is C13H19ClO3S. The van der Waals surface area contributed by atoms with Gasteiger partial charge < -0.3 is 4.74 Å². The lowest BCUT2D eigenvalue weighted by molar-refractivity contribution is 0.414. The summed E-state index contributed by atoms with van der Waals surface area (Å²) < 4.78 is 27.6. The highest BCUT2D eigenvalue weighted by Gasteiger charge is 2.37. The van der Waals surface area contributed by atoms with Crippen LogP contribution >= 0.6 is 11.6 Å². The fourth-order valence-corrected chi connectivity index (χ4v) is 2.70. The van der Waals surface area contributed by atoms with E-state index >= 15 is 0 Å². The molecule has 0 saturated carbocycles. The molecule has 3 nitrogen and oxygen atoms in total. The van der Waals surface area contributed by atoms with Gasteiger partial charge in [-0.15, -0.1) is 11.6 Å². The molecule has 0 aliphatic carbocycles. The van der Waals surface area contributed by atoms with E-state index in [1.165, 1.54) is 6.26 Å². The molecular weight excluding hydrogens is 272 g/mol. The highest BCUT2D eigenvalue weighted by atomic mass is 35.5. The molecule has 0 spiro atoms. The van der Waals surface area contributed by atoms with Crippen LogP contribution in [0.1, 0.15) is 19.4 Å². The molecule has 1 rings (SSSR count). The molecule has 102 valence electrons. The van der Waals surface area contributed by atoms with E-state index in [1.54, 1.807) is 21.0 Å². The van der Waals surface area contributed by atoms with Crippen molar-refractivity contribution in [2.75, 3.05) is 13.4 Å². The number of halogens is 1.